The molecular formula is C21H36N5+. The van der Waals surface area contributed by atoms with Gasteiger partial charge in [-0.3, -0.25) is 4.90 Å². The molecular weight excluding hydrogens is 322 g/mol. The van der Waals surface area contributed by atoms with Crippen LogP contribution in [0.4, 0.5) is 5.82 Å². The molecule has 0 saturated carbocycles. The fourth-order valence-electron chi connectivity index (χ4n) is 4.81. The van der Waals surface area contributed by atoms with Crippen LogP contribution in [0, 0.1) is 12.8 Å². The Morgan fingerprint density at radius 3 is 2.35 bits per heavy atom. The molecule has 144 valence electrons. The maximum Gasteiger partial charge on any atom is 0.128 e. The van der Waals surface area contributed by atoms with E-state index < -0.39 is 0 Å². The van der Waals surface area contributed by atoms with Gasteiger partial charge in [0.25, 0.3) is 0 Å². The molecule has 5 nitrogen and oxygen atoms in total. The first-order valence-corrected chi connectivity index (χ1v) is 10.4. The van der Waals surface area contributed by atoms with Crippen molar-refractivity contribution in [3.05, 3.63) is 23.9 Å². The van der Waals surface area contributed by atoms with Crippen LogP contribution < -0.4 is 4.90 Å². The zero-order valence-corrected chi connectivity index (χ0v) is 16.9. The molecule has 0 bridgehead atoms. The van der Waals surface area contributed by atoms with E-state index in [1.807, 2.05) is 6.20 Å². The lowest BCUT2D eigenvalue weighted by Gasteiger charge is -2.46. The van der Waals surface area contributed by atoms with Crippen LogP contribution in [-0.4, -0.2) is 98.3 Å². The third-order valence-corrected chi connectivity index (χ3v) is 6.75. The maximum atomic E-state index is 4.56. The molecule has 1 aromatic heterocycles. The van der Waals surface area contributed by atoms with E-state index in [9.17, 15) is 0 Å². The van der Waals surface area contributed by atoms with Gasteiger partial charge < -0.3 is 14.3 Å². The van der Waals surface area contributed by atoms with Gasteiger partial charge in [-0.15, -0.1) is 0 Å². The van der Waals surface area contributed by atoms with Crippen molar-refractivity contribution in [2.45, 2.75) is 25.8 Å². The van der Waals surface area contributed by atoms with E-state index in [1.54, 1.807) is 0 Å². The Hall–Kier alpha value is -1.17. The summed E-state index contributed by atoms with van der Waals surface area (Å²) in [6, 6.07) is 5.17. The summed E-state index contributed by atoms with van der Waals surface area (Å²) in [5, 5.41) is 0. The molecule has 5 heteroatoms. The first kappa shape index (κ1) is 18.2. The molecule has 4 rings (SSSR count). The zero-order chi connectivity index (χ0) is 18.1. The van der Waals surface area contributed by atoms with E-state index in [0.29, 0.717) is 0 Å². The van der Waals surface area contributed by atoms with Crippen molar-refractivity contribution in [2.75, 3.05) is 77.9 Å². The van der Waals surface area contributed by atoms with Crippen molar-refractivity contribution in [1.82, 2.24) is 14.8 Å². The number of piperazine rings is 1. The fraction of sp³-hybridized carbons (Fsp3) is 0.762. The maximum absolute atomic E-state index is 4.56. The molecule has 0 amide bonds. The molecule has 0 unspecified atom stereocenters. The van der Waals surface area contributed by atoms with Crippen molar-refractivity contribution < 1.29 is 4.48 Å². The Labute approximate surface area is 159 Å². The Bertz CT molecular complexity index is 575. The minimum atomic E-state index is 0.817. The third-order valence-electron chi connectivity index (χ3n) is 6.75. The van der Waals surface area contributed by atoms with Gasteiger partial charge in [-0.25, -0.2) is 4.98 Å². The average Bonchev–Trinajstić information content (AvgIpc) is 2.60. The second-order valence-corrected chi connectivity index (χ2v) is 9.42. The highest BCUT2D eigenvalue weighted by molar-refractivity contribution is 5.42. The minimum absolute atomic E-state index is 0.817. The van der Waals surface area contributed by atoms with E-state index in [4.69, 9.17) is 0 Å². The lowest BCUT2D eigenvalue weighted by atomic mass is 9.98. The van der Waals surface area contributed by atoms with E-state index in [1.165, 1.54) is 81.8 Å². The second kappa shape index (κ2) is 7.45. The largest absolute Gasteiger partial charge is 0.356 e. The molecule has 26 heavy (non-hydrogen) atoms. The molecule has 3 saturated heterocycles. The summed E-state index contributed by atoms with van der Waals surface area (Å²) in [7, 11) is 4.75. The topological polar surface area (TPSA) is 22.6 Å². The molecule has 0 aromatic carbocycles. The molecule has 0 radical (unpaired) electrons. The van der Waals surface area contributed by atoms with E-state index in [0.717, 1.165) is 17.8 Å². The monoisotopic (exact) mass is 358 g/mol. The van der Waals surface area contributed by atoms with Gasteiger partial charge in [0.1, 0.15) is 5.82 Å². The van der Waals surface area contributed by atoms with Crippen molar-refractivity contribution in [1.29, 1.82) is 0 Å². The van der Waals surface area contributed by atoms with Gasteiger partial charge in [0.05, 0.1) is 27.2 Å². The summed E-state index contributed by atoms with van der Waals surface area (Å²) < 4.78 is 1.21. The quantitative estimate of drug-likeness (QED) is 0.764. The normalized spacial score (nSPS) is 26.0. The molecule has 0 atom stereocenters. The van der Waals surface area contributed by atoms with Gasteiger partial charge in [-0.05, 0) is 18.6 Å². The first-order valence-electron chi connectivity index (χ1n) is 10.4. The number of hydrogen-bond donors (Lipinski definition) is 0. The Morgan fingerprint density at radius 1 is 1.04 bits per heavy atom. The predicted octanol–water partition coefficient (Wildman–Crippen LogP) is 1.68. The fourth-order valence-corrected chi connectivity index (χ4v) is 4.81. The average molecular weight is 359 g/mol. The highest BCUT2D eigenvalue weighted by atomic mass is 15.3. The smallest absolute Gasteiger partial charge is 0.128 e. The number of hydrogen-bond acceptors (Lipinski definition) is 4. The number of likely N-dealkylation sites (tertiary alicyclic amines) is 1. The molecule has 1 aromatic rings. The SMILES string of the molecule is Cc1ccc(N2CC(CN3CCN(C4CC[N+](C)(C)CC4)CC3)C2)nc1. The number of nitrogens with zero attached hydrogens (tertiary/aromatic N) is 5. The van der Waals surface area contributed by atoms with Crippen LogP contribution in [0.2, 0.25) is 0 Å². The minimum Gasteiger partial charge on any atom is -0.356 e. The first-order chi connectivity index (χ1) is 12.5. The van der Waals surface area contributed by atoms with E-state index in [2.05, 4.69) is 52.8 Å². The predicted molar refractivity (Wildman–Crippen MR) is 108 cm³/mol. The summed E-state index contributed by atoms with van der Waals surface area (Å²) in [4.78, 5) is 12.5. The van der Waals surface area contributed by atoms with E-state index in [-0.39, 0.29) is 0 Å². The van der Waals surface area contributed by atoms with Gasteiger partial charge in [-0.1, -0.05) is 6.07 Å². The van der Waals surface area contributed by atoms with Crippen LogP contribution in [0.25, 0.3) is 0 Å². The number of quaternary nitrogens is 1. The van der Waals surface area contributed by atoms with Gasteiger partial charge >= 0.3 is 0 Å². The molecule has 0 spiro atoms. The van der Waals surface area contributed by atoms with Crippen LogP contribution in [-0.2, 0) is 0 Å². The van der Waals surface area contributed by atoms with Crippen LogP contribution in [0.5, 0.6) is 0 Å². The third kappa shape index (κ3) is 4.21. The molecule has 3 aliphatic rings. The summed E-state index contributed by atoms with van der Waals surface area (Å²) in [6.07, 6.45) is 4.75. The summed E-state index contributed by atoms with van der Waals surface area (Å²) in [5.74, 6) is 1.97. The lowest BCUT2D eigenvalue weighted by molar-refractivity contribution is -0.895. The van der Waals surface area contributed by atoms with Gasteiger partial charge in [-0.2, -0.15) is 0 Å². The summed E-state index contributed by atoms with van der Waals surface area (Å²) in [5.41, 5.74) is 1.24. The number of rotatable bonds is 4. The van der Waals surface area contributed by atoms with Crippen molar-refractivity contribution in [3.8, 4) is 0 Å². The van der Waals surface area contributed by atoms with Gasteiger partial charge in [0.2, 0.25) is 0 Å². The molecule has 3 fully saturated rings. The van der Waals surface area contributed by atoms with Gasteiger partial charge in [0, 0.05) is 76.8 Å². The number of pyridine rings is 1. The Kier molecular flexibility index (Phi) is 5.22. The highest BCUT2D eigenvalue weighted by Crippen LogP contribution is 2.25. The van der Waals surface area contributed by atoms with Gasteiger partial charge in [0.15, 0.2) is 0 Å². The second-order valence-electron chi connectivity index (χ2n) is 9.42. The zero-order valence-electron chi connectivity index (χ0n) is 16.9. The highest BCUT2D eigenvalue weighted by Gasteiger charge is 2.33. The Balaban J connectivity index is 1.17. The van der Waals surface area contributed by atoms with Crippen molar-refractivity contribution in [2.24, 2.45) is 5.92 Å². The van der Waals surface area contributed by atoms with E-state index >= 15 is 0 Å². The number of piperidine rings is 1. The number of aromatic nitrogens is 1. The molecule has 0 N–H and O–H groups in total. The van der Waals surface area contributed by atoms with Crippen LogP contribution >= 0.6 is 0 Å². The Morgan fingerprint density at radius 2 is 1.73 bits per heavy atom. The molecule has 4 heterocycles. The number of aryl methyl sites for hydroxylation is 1. The number of anilines is 1. The van der Waals surface area contributed by atoms with Crippen LogP contribution in [0.1, 0.15) is 18.4 Å². The summed E-state index contributed by atoms with van der Waals surface area (Å²) >= 11 is 0. The van der Waals surface area contributed by atoms with Crippen molar-refractivity contribution >= 4 is 5.82 Å². The van der Waals surface area contributed by atoms with Crippen LogP contribution in [0.3, 0.4) is 0 Å². The lowest BCUT2D eigenvalue weighted by Crippen LogP contribution is -2.58. The van der Waals surface area contributed by atoms with Crippen molar-refractivity contribution in [3.63, 3.8) is 0 Å². The molecule has 3 aliphatic heterocycles. The molecule has 0 aliphatic carbocycles. The summed E-state index contributed by atoms with van der Waals surface area (Å²) in [6.45, 7) is 13.5. The van der Waals surface area contributed by atoms with Crippen LogP contribution in [0.15, 0.2) is 18.3 Å². The standard InChI is InChI=1S/C21H36N5/c1-18-4-5-21(22-14-18)25-16-19(17-25)15-23-8-10-24(11-9-23)20-6-12-26(2,3)13-7-20/h4-5,14,19-20H,6-13,15-17H2,1-3H3/q+1.